The van der Waals surface area contributed by atoms with Crippen molar-refractivity contribution in [3.63, 3.8) is 0 Å². The molecule has 216 valence electrons. The lowest BCUT2D eigenvalue weighted by Crippen LogP contribution is -2.67. The van der Waals surface area contributed by atoms with Crippen molar-refractivity contribution in [2.75, 3.05) is 39.6 Å². The summed E-state index contributed by atoms with van der Waals surface area (Å²) in [5.41, 5.74) is 0. The Labute approximate surface area is 205 Å². The number of phosphoric ester groups is 3. The molecule has 0 aliphatic heterocycles. The van der Waals surface area contributed by atoms with Crippen molar-refractivity contribution < 1.29 is 86.2 Å². The average molecular weight is 594 g/mol. The Morgan fingerprint density at radius 3 is 0.889 bits per heavy atom. The summed E-state index contributed by atoms with van der Waals surface area (Å²) in [6.07, 6.45) is -11.5. The van der Waals surface area contributed by atoms with E-state index in [0.717, 1.165) is 0 Å². The Balaban J connectivity index is 3.68. The molecule has 0 aromatic carbocycles. The topological polar surface area (TPSA) is 289 Å². The number of aliphatic hydroxyl groups excluding tert-OH is 3. The first-order valence-electron chi connectivity index (χ1n) is 10.5. The molecule has 21 heteroatoms. The Kier molecular flexibility index (Phi) is 14.8. The van der Waals surface area contributed by atoms with Crippen LogP contribution in [0.15, 0.2) is 0 Å². The predicted molar refractivity (Wildman–Crippen MR) is 115 cm³/mol. The summed E-state index contributed by atoms with van der Waals surface area (Å²) in [5.74, 6) is 0. The zero-order valence-electron chi connectivity index (χ0n) is 18.9. The van der Waals surface area contributed by atoms with Gasteiger partial charge < -0.3 is 58.9 Å². The molecule has 0 aromatic rings. The summed E-state index contributed by atoms with van der Waals surface area (Å²) < 4.78 is 65.9. The number of ether oxygens (including phenoxy) is 3. The first-order chi connectivity index (χ1) is 16.6. The Morgan fingerprint density at radius 1 is 0.444 bits per heavy atom. The minimum Gasteiger partial charge on any atom is -0.396 e. The smallest absolute Gasteiger partial charge is 0.396 e. The van der Waals surface area contributed by atoms with Gasteiger partial charge in [0.2, 0.25) is 0 Å². The minimum atomic E-state index is -5.53. The maximum absolute atomic E-state index is 11.7. The van der Waals surface area contributed by atoms with Crippen LogP contribution in [0.3, 0.4) is 0 Å². The zero-order valence-corrected chi connectivity index (χ0v) is 21.6. The van der Waals surface area contributed by atoms with E-state index in [9.17, 15) is 43.1 Å². The molecule has 1 saturated carbocycles. The van der Waals surface area contributed by atoms with Crippen molar-refractivity contribution in [1.29, 1.82) is 0 Å². The van der Waals surface area contributed by atoms with Crippen molar-refractivity contribution in [2.45, 2.75) is 55.9 Å². The largest absolute Gasteiger partial charge is 0.470 e. The van der Waals surface area contributed by atoms with Gasteiger partial charge in [0.1, 0.15) is 36.6 Å². The van der Waals surface area contributed by atoms with E-state index in [1.54, 1.807) is 0 Å². The summed E-state index contributed by atoms with van der Waals surface area (Å²) in [5, 5.41) is 27.3. The Hall–Kier alpha value is 0.0900. The van der Waals surface area contributed by atoms with Crippen molar-refractivity contribution in [3.05, 3.63) is 0 Å². The van der Waals surface area contributed by atoms with Crippen LogP contribution in [-0.2, 0) is 41.5 Å². The minimum absolute atomic E-state index is 0.00897. The lowest BCUT2D eigenvalue weighted by Gasteiger charge is -2.49. The highest BCUT2D eigenvalue weighted by atomic mass is 31.2. The summed E-state index contributed by atoms with van der Waals surface area (Å²) in [6.45, 7) is -1.94. The van der Waals surface area contributed by atoms with E-state index in [1.165, 1.54) is 0 Å². The van der Waals surface area contributed by atoms with Gasteiger partial charge in [-0.1, -0.05) is 0 Å². The summed E-state index contributed by atoms with van der Waals surface area (Å²) in [4.78, 5) is 56.7. The standard InChI is InChI=1S/C15H33O18P3/c16-4-1-7-28-10-11(29-8-2-5-17)13(31-34(19,20)21)15(33-36(25,26)27)14(32-35(22,23)24)12(10)30-9-3-6-18/h10-18H,1-9H2,(H2,19,20,21)(H2,22,23,24)(H2,25,26,27). The van der Waals surface area contributed by atoms with Crippen LogP contribution >= 0.6 is 23.5 Å². The van der Waals surface area contributed by atoms with Crippen molar-refractivity contribution in [3.8, 4) is 0 Å². The number of phosphoric acid groups is 3. The molecule has 4 unspecified atom stereocenters. The third-order valence-corrected chi connectivity index (χ3v) is 6.11. The monoisotopic (exact) mass is 594 g/mol. The second kappa shape index (κ2) is 15.6. The fraction of sp³-hybridized carbons (Fsp3) is 1.00. The van der Waals surface area contributed by atoms with Crippen LogP contribution in [0.2, 0.25) is 0 Å². The van der Waals surface area contributed by atoms with Gasteiger partial charge in [-0.05, 0) is 19.3 Å². The van der Waals surface area contributed by atoms with Gasteiger partial charge in [0.05, 0.1) is 0 Å². The zero-order chi connectivity index (χ0) is 27.6. The first-order valence-corrected chi connectivity index (χ1v) is 15.1. The third kappa shape index (κ3) is 12.8. The number of aliphatic hydroxyl groups is 3. The van der Waals surface area contributed by atoms with Crippen LogP contribution in [0.25, 0.3) is 0 Å². The Morgan fingerprint density at radius 2 is 0.667 bits per heavy atom. The van der Waals surface area contributed by atoms with Gasteiger partial charge in [-0.15, -0.1) is 0 Å². The van der Waals surface area contributed by atoms with E-state index in [4.69, 9.17) is 29.5 Å². The van der Waals surface area contributed by atoms with Gasteiger partial charge in [0, 0.05) is 39.6 Å². The van der Waals surface area contributed by atoms with Crippen LogP contribution < -0.4 is 0 Å². The molecule has 0 aromatic heterocycles. The molecule has 9 N–H and O–H groups in total. The molecular weight excluding hydrogens is 561 g/mol. The molecule has 0 radical (unpaired) electrons. The van der Waals surface area contributed by atoms with Gasteiger partial charge >= 0.3 is 23.5 Å². The number of hydrogen-bond acceptors (Lipinski definition) is 12. The quantitative estimate of drug-likeness (QED) is 0.0597. The lowest BCUT2D eigenvalue weighted by molar-refractivity contribution is -0.248. The molecule has 18 nitrogen and oxygen atoms in total. The highest BCUT2D eigenvalue weighted by Gasteiger charge is 2.59. The van der Waals surface area contributed by atoms with E-state index in [2.05, 4.69) is 13.6 Å². The van der Waals surface area contributed by atoms with Gasteiger partial charge in [-0.3, -0.25) is 13.6 Å². The predicted octanol–water partition coefficient (Wildman–Crippen LogP) is -2.26. The molecule has 0 bridgehead atoms. The molecule has 1 aliphatic carbocycles. The second-order valence-electron chi connectivity index (χ2n) is 7.42. The summed E-state index contributed by atoms with van der Waals surface area (Å²) in [6, 6.07) is 0. The summed E-state index contributed by atoms with van der Waals surface area (Å²) >= 11 is 0. The highest BCUT2D eigenvalue weighted by Crippen LogP contribution is 2.51. The van der Waals surface area contributed by atoms with Gasteiger partial charge in [0.15, 0.2) is 0 Å². The van der Waals surface area contributed by atoms with Crippen LogP contribution in [0, 0.1) is 0 Å². The number of rotatable bonds is 18. The highest BCUT2D eigenvalue weighted by molar-refractivity contribution is 7.47. The number of hydrogen-bond donors (Lipinski definition) is 9. The van der Waals surface area contributed by atoms with Crippen molar-refractivity contribution >= 4 is 23.5 Å². The maximum Gasteiger partial charge on any atom is 0.470 e. The van der Waals surface area contributed by atoms with Crippen LogP contribution in [-0.4, -0.2) is 121 Å². The first kappa shape index (κ1) is 34.1. The van der Waals surface area contributed by atoms with Crippen LogP contribution in [0.5, 0.6) is 0 Å². The Bertz CT molecular complexity index is 719. The third-order valence-electron chi connectivity index (χ3n) is 4.56. The van der Waals surface area contributed by atoms with Crippen LogP contribution in [0.4, 0.5) is 0 Å². The van der Waals surface area contributed by atoms with Crippen molar-refractivity contribution in [2.24, 2.45) is 0 Å². The molecule has 0 saturated heterocycles. The molecule has 0 amide bonds. The van der Waals surface area contributed by atoms with Crippen molar-refractivity contribution in [1.82, 2.24) is 0 Å². The van der Waals surface area contributed by atoms with E-state index in [-0.39, 0.29) is 58.9 Å². The second-order valence-corrected chi connectivity index (χ2v) is 11.0. The van der Waals surface area contributed by atoms with E-state index < -0.39 is 60.1 Å². The van der Waals surface area contributed by atoms with Gasteiger partial charge in [-0.2, -0.15) is 0 Å². The van der Waals surface area contributed by atoms with Gasteiger partial charge in [0.25, 0.3) is 0 Å². The molecule has 36 heavy (non-hydrogen) atoms. The van der Waals surface area contributed by atoms with E-state index >= 15 is 0 Å². The fourth-order valence-electron chi connectivity index (χ4n) is 3.38. The molecule has 4 atom stereocenters. The maximum atomic E-state index is 11.7. The normalized spacial score (nSPS) is 27.9. The SMILES string of the molecule is O=P(O)(O)OC1C(OCCCO)C(OCCCO)C(OCCCO)C(OP(=O)(O)O)C1OP(=O)(O)O. The molecule has 0 heterocycles. The van der Waals surface area contributed by atoms with E-state index in [1.807, 2.05) is 0 Å². The molecule has 1 aliphatic rings. The fourth-order valence-corrected chi connectivity index (χ4v) is 5.05. The molecule has 1 rings (SSSR count). The molecule has 1 fully saturated rings. The molecule has 0 spiro atoms. The molecular formula is C15H33O18P3. The van der Waals surface area contributed by atoms with E-state index in [0.29, 0.717) is 0 Å². The van der Waals surface area contributed by atoms with Crippen LogP contribution in [0.1, 0.15) is 19.3 Å². The lowest BCUT2D eigenvalue weighted by atomic mass is 9.84. The average Bonchev–Trinajstić information content (AvgIpc) is 2.72. The van der Waals surface area contributed by atoms with Gasteiger partial charge in [-0.25, -0.2) is 13.7 Å². The summed E-state index contributed by atoms with van der Waals surface area (Å²) in [7, 11) is -16.5.